The van der Waals surface area contributed by atoms with Crippen LogP contribution in [0.5, 0.6) is 0 Å². The molecular formula is C16H29NO2. The Kier molecular flexibility index (Phi) is 5.57. The molecule has 0 aromatic carbocycles. The van der Waals surface area contributed by atoms with Gasteiger partial charge in [0.2, 0.25) is 5.91 Å². The van der Waals surface area contributed by atoms with Gasteiger partial charge in [0.25, 0.3) is 0 Å². The molecule has 0 heterocycles. The number of hydrogen-bond acceptors (Lipinski definition) is 2. The fraction of sp³-hybridized carbons (Fsp3) is 0.875. The predicted molar refractivity (Wildman–Crippen MR) is 77.5 cm³/mol. The van der Waals surface area contributed by atoms with Gasteiger partial charge in [-0.05, 0) is 44.4 Å². The molecule has 110 valence electrons. The number of carbonyl (C=O) groups excluding carboxylic acids is 2. The Balaban J connectivity index is 3.07. The van der Waals surface area contributed by atoms with E-state index in [2.05, 4.69) is 20.8 Å². The van der Waals surface area contributed by atoms with E-state index in [1.807, 2.05) is 0 Å². The van der Waals surface area contributed by atoms with Crippen molar-refractivity contribution >= 4 is 11.7 Å². The maximum atomic E-state index is 12.1. The molecule has 0 radical (unpaired) electrons. The molecule has 3 heteroatoms. The molecule has 0 saturated heterocycles. The van der Waals surface area contributed by atoms with Crippen LogP contribution >= 0.6 is 0 Å². The second-order valence-electron chi connectivity index (χ2n) is 6.85. The number of nitrogens with two attached hydrogens (primary N) is 1. The zero-order chi connectivity index (χ0) is 14.6. The van der Waals surface area contributed by atoms with Crippen LogP contribution in [-0.2, 0) is 9.59 Å². The number of amides is 1. The lowest BCUT2D eigenvalue weighted by atomic mass is 9.65. The van der Waals surface area contributed by atoms with E-state index in [0.717, 1.165) is 38.5 Å². The van der Waals surface area contributed by atoms with Gasteiger partial charge in [-0.25, -0.2) is 0 Å². The summed E-state index contributed by atoms with van der Waals surface area (Å²) < 4.78 is 0. The van der Waals surface area contributed by atoms with Crippen LogP contribution in [-0.4, -0.2) is 11.7 Å². The van der Waals surface area contributed by atoms with Crippen LogP contribution in [0.2, 0.25) is 0 Å². The average Bonchev–Trinajstić information content (AvgIpc) is 2.48. The monoisotopic (exact) mass is 267 g/mol. The van der Waals surface area contributed by atoms with Gasteiger partial charge in [0.1, 0.15) is 5.78 Å². The fourth-order valence-corrected chi connectivity index (χ4v) is 3.56. The van der Waals surface area contributed by atoms with Crippen molar-refractivity contribution in [1.82, 2.24) is 0 Å². The van der Waals surface area contributed by atoms with Crippen molar-refractivity contribution in [3.8, 4) is 0 Å². The molecule has 0 aliphatic heterocycles. The topological polar surface area (TPSA) is 60.2 Å². The van der Waals surface area contributed by atoms with E-state index in [0.29, 0.717) is 11.8 Å². The Hall–Kier alpha value is -0.860. The summed E-state index contributed by atoms with van der Waals surface area (Å²) in [6.45, 7) is 8.04. The molecule has 1 aliphatic rings. The molecule has 1 rings (SSSR count). The summed E-state index contributed by atoms with van der Waals surface area (Å²) in [5.41, 5.74) is 5.14. The maximum Gasteiger partial charge on any atom is 0.224 e. The molecule has 0 aromatic heterocycles. The number of hydrogen-bond donors (Lipinski definition) is 1. The summed E-state index contributed by atoms with van der Waals surface area (Å²) in [5, 5.41) is 0. The highest BCUT2D eigenvalue weighted by Gasteiger charge is 2.46. The molecule has 0 spiro atoms. The molecule has 19 heavy (non-hydrogen) atoms. The Morgan fingerprint density at radius 2 is 1.89 bits per heavy atom. The fourth-order valence-electron chi connectivity index (χ4n) is 3.56. The van der Waals surface area contributed by atoms with E-state index < -0.39 is 5.41 Å². The van der Waals surface area contributed by atoms with Gasteiger partial charge in [-0.15, -0.1) is 0 Å². The minimum Gasteiger partial charge on any atom is -0.369 e. The number of primary amides is 1. The number of rotatable bonds is 5. The van der Waals surface area contributed by atoms with Crippen LogP contribution in [0.4, 0.5) is 0 Å². The van der Waals surface area contributed by atoms with E-state index in [-0.39, 0.29) is 17.6 Å². The Morgan fingerprint density at radius 1 is 1.26 bits per heavy atom. The van der Waals surface area contributed by atoms with Crippen molar-refractivity contribution in [3.63, 3.8) is 0 Å². The van der Waals surface area contributed by atoms with Gasteiger partial charge in [0.05, 0.1) is 5.41 Å². The highest BCUT2D eigenvalue weighted by molar-refractivity contribution is 5.89. The van der Waals surface area contributed by atoms with Crippen molar-refractivity contribution in [2.24, 2.45) is 28.9 Å². The van der Waals surface area contributed by atoms with Gasteiger partial charge in [0.15, 0.2) is 0 Å². The van der Waals surface area contributed by atoms with Gasteiger partial charge < -0.3 is 5.73 Å². The molecule has 2 N–H and O–H groups in total. The molecule has 1 amide bonds. The van der Waals surface area contributed by atoms with Gasteiger partial charge in [0, 0.05) is 5.92 Å². The summed E-state index contributed by atoms with van der Waals surface area (Å²) in [7, 11) is 0. The average molecular weight is 267 g/mol. The molecule has 3 atom stereocenters. The lowest BCUT2D eigenvalue weighted by Crippen LogP contribution is -2.46. The van der Waals surface area contributed by atoms with Crippen molar-refractivity contribution in [1.29, 1.82) is 0 Å². The molecule has 1 fully saturated rings. The van der Waals surface area contributed by atoms with E-state index in [1.54, 1.807) is 6.92 Å². The van der Waals surface area contributed by atoms with Crippen molar-refractivity contribution < 1.29 is 9.59 Å². The molecule has 1 aliphatic carbocycles. The van der Waals surface area contributed by atoms with E-state index in [1.165, 1.54) is 0 Å². The quantitative estimate of drug-likeness (QED) is 0.777. The van der Waals surface area contributed by atoms with Crippen LogP contribution in [0.1, 0.15) is 66.2 Å². The summed E-state index contributed by atoms with van der Waals surface area (Å²) in [5.74, 6) is 0.707. The Bertz CT molecular complexity index is 338. The molecular weight excluding hydrogens is 238 g/mol. The Morgan fingerprint density at radius 3 is 2.37 bits per heavy atom. The van der Waals surface area contributed by atoms with Crippen LogP contribution in [0.25, 0.3) is 0 Å². The molecule has 3 nitrogen and oxygen atoms in total. The highest BCUT2D eigenvalue weighted by Crippen LogP contribution is 2.45. The Labute approximate surface area is 117 Å². The van der Waals surface area contributed by atoms with Gasteiger partial charge >= 0.3 is 0 Å². The third kappa shape index (κ3) is 3.80. The zero-order valence-electron chi connectivity index (χ0n) is 12.9. The summed E-state index contributed by atoms with van der Waals surface area (Å²) >= 11 is 0. The second-order valence-corrected chi connectivity index (χ2v) is 6.85. The van der Waals surface area contributed by atoms with Crippen LogP contribution < -0.4 is 5.73 Å². The SMILES string of the molecule is CC(=O)C(CC(C)C)C1(C(N)=O)CCC[C@@H](C)CC1. The largest absolute Gasteiger partial charge is 0.369 e. The smallest absolute Gasteiger partial charge is 0.224 e. The highest BCUT2D eigenvalue weighted by atomic mass is 16.1. The van der Waals surface area contributed by atoms with Crippen molar-refractivity contribution in [2.45, 2.75) is 66.2 Å². The summed E-state index contributed by atoms with van der Waals surface area (Å²) in [4.78, 5) is 24.2. The van der Waals surface area contributed by atoms with Gasteiger partial charge in [-0.3, -0.25) is 9.59 Å². The first-order valence-corrected chi connectivity index (χ1v) is 7.60. The normalized spacial score (nSPS) is 29.8. The minimum atomic E-state index is -0.596. The molecule has 2 unspecified atom stereocenters. The predicted octanol–water partition coefficient (Wildman–Crippen LogP) is 3.31. The number of ketones is 1. The van der Waals surface area contributed by atoms with E-state index in [9.17, 15) is 9.59 Å². The van der Waals surface area contributed by atoms with E-state index >= 15 is 0 Å². The maximum absolute atomic E-state index is 12.1. The molecule has 0 bridgehead atoms. The molecule has 1 saturated carbocycles. The summed E-state index contributed by atoms with van der Waals surface area (Å²) in [6, 6.07) is 0. The van der Waals surface area contributed by atoms with Gasteiger partial charge in [-0.2, -0.15) is 0 Å². The first-order chi connectivity index (χ1) is 8.79. The van der Waals surface area contributed by atoms with E-state index in [4.69, 9.17) is 5.73 Å². The van der Waals surface area contributed by atoms with Crippen LogP contribution in [0, 0.1) is 23.2 Å². The third-order valence-corrected chi connectivity index (χ3v) is 4.76. The zero-order valence-corrected chi connectivity index (χ0v) is 12.9. The first kappa shape index (κ1) is 16.2. The standard InChI is InChI=1S/C16H29NO2/c1-11(2)10-14(13(4)18)16(15(17)19)8-5-6-12(3)7-9-16/h11-12,14H,5-10H2,1-4H3,(H2,17,19)/t12-,14?,16?/m1/s1. The lowest BCUT2D eigenvalue weighted by molar-refractivity contribution is -0.140. The van der Waals surface area contributed by atoms with Crippen molar-refractivity contribution in [3.05, 3.63) is 0 Å². The van der Waals surface area contributed by atoms with Crippen molar-refractivity contribution in [2.75, 3.05) is 0 Å². The first-order valence-electron chi connectivity index (χ1n) is 7.60. The van der Waals surface area contributed by atoms with Gasteiger partial charge in [-0.1, -0.05) is 33.6 Å². The summed E-state index contributed by atoms with van der Waals surface area (Å²) in [6.07, 6.45) is 5.48. The minimum absolute atomic E-state index is 0.127. The lowest BCUT2D eigenvalue weighted by Gasteiger charge is -2.37. The van der Waals surface area contributed by atoms with Crippen LogP contribution in [0.3, 0.4) is 0 Å². The third-order valence-electron chi connectivity index (χ3n) is 4.76. The number of Topliss-reactive ketones (excluding diaryl/α,β-unsaturated/α-hetero) is 1. The van der Waals surface area contributed by atoms with Crippen LogP contribution in [0.15, 0.2) is 0 Å². The molecule has 0 aromatic rings. The number of carbonyl (C=O) groups is 2. The second kappa shape index (κ2) is 6.53.